The number of rotatable bonds is 14. The first-order valence-corrected chi connectivity index (χ1v) is 14.8. The predicted octanol–water partition coefficient (Wildman–Crippen LogP) is 2.40. The van der Waals surface area contributed by atoms with Gasteiger partial charge in [0.2, 0.25) is 0 Å². The average Bonchev–Trinajstić information content (AvgIpc) is 3.47. The lowest BCUT2D eigenvalue weighted by molar-refractivity contribution is 0.0359. The summed E-state index contributed by atoms with van der Waals surface area (Å²) in [7, 11) is 0. The lowest BCUT2D eigenvalue weighted by atomic mass is 10.2. The molecular weight excluding hydrogens is 532 g/mol. The number of aryl methyl sites for hydroxylation is 1. The molecule has 1 aromatic carbocycles. The van der Waals surface area contributed by atoms with Crippen molar-refractivity contribution in [1.82, 2.24) is 34.3 Å². The molecular formula is C27H38N8O4S. The summed E-state index contributed by atoms with van der Waals surface area (Å²) in [4.78, 5) is 43.8. The zero-order valence-corrected chi connectivity index (χ0v) is 23.8. The van der Waals surface area contributed by atoms with Crippen molar-refractivity contribution >= 4 is 38.5 Å². The summed E-state index contributed by atoms with van der Waals surface area (Å²) >= 11 is 1.23. The summed E-state index contributed by atoms with van der Waals surface area (Å²) in [5.41, 5.74) is 8.79. The topological polar surface area (TPSA) is 147 Å². The molecule has 0 amide bonds. The fourth-order valence-electron chi connectivity index (χ4n) is 5.02. The number of anilines is 1. The normalized spacial score (nSPS) is 14.6. The van der Waals surface area contributed by atoms with Crippen LogP contribution in [0.15, 0.2) is 27.8 Å². The Kier molecular flexibility index (Phi) is 9.47. The van der Waals surface area contributed by atoms with E-state index < -0.39 is 0 Å². The maximum atomic E-state index is 12.8. The summed E-state index contributed by atoms with van der Waals surface area (Å²) in [6, 6.07) is 6.34. The highest BCUT2D eigenvalue weighted by molar-refractivity contribution is 7.16. The van der Waals surface area contributed by atoms with Gasteiger partial charge in [0.15, 0.2) is 11.5 Å². The number of aromatic nitrogens is 5. The fraction of sp³-hybridized carbons (Fsp3) is 0.556. The van der Waals surface area contributed by atoms with Gasteiger partial charge in [-0.05, 0) is 50.0 Å². The molecule has 13 heteroatoms. The summed E-state index contributed by atoms with van der Waals surface area (Å²) < 4.78 is 13.7. The summed E-state index contributed by atoms with van der Waals surface area (Å²) in [6.45, 7) is 10.1. The van der Waals surface area contributed by atoms with Gasteiger partial charge in [0, 0.05) is 32.7 Å². The Morgan fingerprint density at radius 1 is 1.10 bits per heavy atom. The van der Waals surface area contributed by atoms with Crippen LogP contribution < -0.4 is 21.0 Å². The number of H-pyrrole nitrogens is 2. The minimum Gasteiger partial charge on any atom is -0.463 e. The monoisotopic (exact) mass is 570 g/mol. The highest BCUT2D eigenvalue weighted by Crippen LogP contribution is 2.20. The number of ether oxygens (including phenoxy) is 2. The van der Waals surface area contributed by atoms with Gasteiger partial charge in [0.1, 0.15) is 5.52 Å². The van der Waals surface area contributed by atoms with E-state index in [1.807, 2.05) is 6.07 Å². The van der Waals surface area contributed by atoms with Crippen LogP contribution in [0.25, 0.3) is 21.4 Å². The Morgan fingerprint density at radius 3 is 2.70 bits per heavy atom. The number of hydrogen-bond donors (Lipinski definition) is 3. The Hall–Kier alpha value is -3.26. The molecule has 4 heterocycles. The van der Waals surface area contributed by atoms with Gasteiger partial charge in [-0.1, -0.05) is 30.7 Å². The van der Waals surface area contributed by atoms with Crippen molar-refractivity contribution in [3.63, 3.8) is 0 Å². The van der Waals surface area contributed by atoms with E-state index in [1.54, 1.807) is 4.57 Å². The van der Waals surface area contributed by atoms with Crippen LogP contribution in [0, 0.1) is 0 Å². The number of nitrogens with zero attached hydrogens (tertiary/aromatic N) is 5. The molecule has 1 saturated heterocycles. The summed E-state index contributed by atoms with van der Waals surface area (Å²) in [5, 5.41) is 0. The van der Waals surface area contributed by atoms with Crippen LogP contribution in [0.5, 0.6) is 6.01 Å². The molecule has 1 fully saturated rings. The fourth-order valence-corrected chi connectivity index (χ4v) is 5.82. The van der Waals surface area contributed by atoms with E-state index >= 15 is 0 Å². The van der Waals surface area contributed by atoms with Crippen LogP contribution in [-0.4, -0.2) is 86.8 Å². The van der Waals surface area contributed by atoms with Crippen molar-refractivity contribution in [3.05, 3.63) is 43.9 Å². The molecule has 216 valence electrons. The Balaban J connectivity index is 1.26. The number of nitrogen functional groups attached to an aromatic ring is 1. The molecule has 0 radical (unpaired) electrons. The van der Waals surface area contributed by atoms with Gasteiger partial charge in [-0.25, -0.2) is 4.79 Å². The summed E-state index contributed by atoms with van der Waals surface area (Å²) in [5.74, 6) is 0.208. The third kappa shape index (κ3) is 7.08. The number of benzene rings is 1. The molecule has 4 N–H and O–H groups in total. The Bertz CT molecular complexity index is 1520. The van der Waals surface area contributed by atoms with Gasteiger partial charge in [-0.15, -0.1) is 0 Å². The van der Waals surface area contributed by atoms with Crippen molar-refractivity contribution in [2.75, 3.05) is 58.3 Å². The molecule has 0 atom stereocenters. The highest BCUT2D eigenvalue weighted by Gasteiger charge is 2.16. The molecule has 0 bridgehead atoms. The largest absolute Gasteiger partial charge is 0.463 e. The molecule has 3 aromatic heterocycles. The maximum absolute atomic E-state index is 12.8. The van der Waals surface area contributed by atoms with Gasteiger partial charge in [0.25, 0.3) is 0 Å². The second kappa shape index (κ2) is 13.4. The number of unbranched alkanes of at least 4 members (excludes halogenated alkanes) is 1. The van der Waals surface area contributed by atoms with Gasteiger partial charge < -0.3 is 25.2 Å². The number of morpholine rings is 1. The zero-order chi connectivity index (χ0) is 27.9. The number of imidazole rings is 1. The van der Waals surface area contributed by atoms with Gasteiger partial charge in [-0.2, -0.15) is 9.97 Å². The maximum Gasteiger partial charge on any atom is 0.327 e. The molecule has 1 aliphatic heterocycles. The van der Waals surface area contributed by atoms with Gasteiger partial charge in [-0.3, -0.25) is 19.2 Å². The van der Waals surface area contributed by atoms with Crippen LogP contribution in [0.3, 0.4) is 0 Å². The Labute approximate surface area is 236 Å². The molecule has 0 unspecified atom stereocenters. The molecule has 40 heavy (non-hydrogen) atoms. The molecule has 5 rings (SSSR count). The van der Waals surface area contributed by atoms with Crippen LogP contribution in [0.4, 0.5) is 5.82 Å². The second-order valence-corrected chi connectivity index (χ2v) is 11.2. The van der Waals surface area contributed by atoms with Crippen molar-refractivity contribution < 1.29 is 9.47 Å². The quantitative estimate of drug-likeness (QED) is 0.194. The van der Waals surface area contributed by atoms with E-state index in [9.17, 15) is 9.59 Å². The van der Waals surface area contributed by atoms with Gasteiger partial charge >= 0.3 is 16.6 Å². The van der Waals surface area contributed by atoms with Crippen molar-refractivity contribution in [3.8, 4) is 6.01 Å². The minimum absolute atomic E-state index is 0.0398. The van der Waals surface area contributed by atoms with Gasteiger partial charge in [0.05, 0.1) is 30.0 Å². The van der Waals surface area contributed by atoms with Crippen molar-refractivity contribution in [2.24, 2.45) is 0 Å². The van der Waals surface area contributed by atoms with E-state index in [0.29, 0.717) is 24.3 Å². The standard InChI is InChI=1S/C27H38N8O4S/c1-2-3-14-39-25-31-23(28)22-24(32-25)35(26(36)30-22)11-5-10-34(9-4-8-33-12-15-38-16-13-33)18-19-6-7-20-21(17-19)40-27(37)29-20/h6-7,17H,2-5,8-16,18H2,1H3,(H,29,37)(H,30,36)(H2,28,31,32). The number of thiazole rings is 1. The van der Waals surface area contributed by atoms with E-state index in [0.717, 1.165) is 93.9 Å². The van der Waals surface area contributed by atoms with Crippen LogP contribution in [0.2, 0.25) is 0 Å². The lowest BCUT2D eigenvalue weighted by Gasteiger charge is -2.28. The summed E-state index contributed by atoms with van der Waals surface area (Å²) in [6.07, 6.45) is 3.67. The van der Waals surface area contributed by atoms with E-state index in [-0.39, 0.29) is 22.4 Å². The zero-order valence-electron chi connectivity index (χ0n) is 23.0. The number of nitrogens with one attached hydrogen (secondary N) is 2. The molecule has 0 saturated carbocycles. The number of fused-ring (bicyclic) bond motifs is 2. The van der Waals surface area contributed by atoms with E-state index in [1.165, 1.54) is 11.3 Å². The van der Waals surface area contributed by atoms with Crippen LogP contribution >= 0.6 is 11.3 Å². The molecule has 0 spiro atoms. The van der Waals surface area contributed by atoms with E-state index in [2.05, 4.69) is 48.8 Å². The number of aromatic amines is 2. The Morgan fingerprint density at radius 2 is 1.90 bits per heavy atom. The smallest absolute Gasteiger partial charge is 0.327 e. The average molecular weight is 571 g/mol. The number of hydrogen-bond acceptors (Lipinski definition) is 10. The molecule has 4 aromatic rings. The third-order valence-electron chi connectivity index (χ3n) is 7.16. The van der Waals surface area contributed by atoms with Crippen LogP contribution in [0.1, 0.15) is 38.2 Å². The first kappa shape index (κ1) is 28.3. The van der Waals surface area contributed by atoms with Crippen LogP contribution in [-0.2, 0) is 17.8 Å². The first-order chi connectivity index (χ1) is 19.5. The minimum atomic E-state index is -0.256. The molecule has 12 nitrogen and oxygen atoms in total. The van der Waals surface area contributed by atoms with E-state index in [4.69, 9.17) is 15.2 Å². The number of nitrogens with two attached hydrogens (primary N) is 1. The second-order valence-electron chi connectivity index (χ2n) is 10.2. The lowest BCUT2D eigenvalue weighted by Crippen LogP contribution is -2.38. The van der Waals surface area contributed by atoms with Crippen molar-refractivity contribution in [2.45, 2.75) is 45.7 Å². The first-order valence-electron chi connectivity index (χ1n) is 14.0. The van der Waals surface area contributed by atoms with Crippen molar-refractivity contribution in [1.29, 1.82) is 0 Å². The third-order valence-corrected chi connectivity index (χ3v) is 8.00. The predicted molar refractivity (Wildman–Crippen MR) is 157 cm³/mol. The SMILES string of the molecule is CCCCOc1nc(N)c2[nH]c(=O)n(CCCN(CCCN3CCOCC3)Cc3ccc4[nH]c(=O)sc4c3)c2n1. The molecule has 0 aliphatic carbocycles. The molecule has 1 aliphatic rings. The highest BCUT2D eigenvalue weighted by atomic mass is 32.1.